The molecule has 0 radical (unpaired) electrons. The molecule has 1 saturated heterocycles. The van der Waals surface area contributed by atoms with E-state index in [4.69, 9.17) is 10.5 Å². The molecule has 1 aliphatic rings. The van der Waals surface area contributed by atoms with Crippen molar-refractivity contribution in [2.45, 2.75) is 45.1 Å². The molecule has 1 unspecified atom stereocenters. The van der Waals surface area contributed by atoms with Crippen molar-refractivity contribution in [1.29, 1.82) is 0 Å². The van der Waals surface area contributed by atoms with Crippen LogP contribution in [0.25, 0.3) is 0 Å². The molecule has 2 rings (SSSR count). The quantitative estimate of drug-likeness (QED) is 0.850. The molecule has 2 N–H and O–H groups in total. The van der Waals surface area contributed by atoms with Gasteiger partial charge in [-0.15, -0.1) is 0 Å². The Morgan fingerprint density at radius 3 is 2.88 bits per heavy atom. The van der Waals surface area contributed by atoms with E-state index in [0.29, 0.717) is 6.10 Å². The first-order valence-corrected chi connectivity index (χ1v) is 6.08. The molecule has 4 nitrogen and oxygen atoms in total. The van der Waals surface area contributed by atoms with Crippen LogP contribution < -0.4 is 5.73 Å². The minimum absolute atomic E-state index is 0.427. The third kappa shape index (κ3) is 2.38. The molecular weight excluding hydrogens is 202 g/mol. The van der Waals surface area contributed by atoms with Gasteiger partial charge in [0, 0.05) is 19.2 Å². The number of anilines is 1. The normalized spacial score (nSPS) is 21.2. The maximum atomic E-state index is 5.88. The van der Waals surface area contributed by atoms with Crippen molar-refractivity contribution in [2.24, 2.45) is 7.05 Å². The lowest BCUT2D eigenvalue weighted by molar-refractivity contribution is 0.0113. The van der Waals surface area contributed by atoms with E-state index in [1.54, 1.807) is 4.68 Å². The first kappa shape index (κ1) is 11.5. The summed E-state index contributed by atoms with van der Waals surface area (Å²) in [7, 11) is 1.89. The molecule has 90 valence electrons. The van der Waals surface area contributed by atoms with Crippen molar-refractivity contribution in [2.75, 3.05) is 12.3 Å². The standard InChI is InChI=1S/C12H21N3O/c1-9-11(14-15(2)12(9)13)7-6-10-5-3-4-8-16-10/h10H,3-8,13H2,1-2H3. The number of ether oxygens (including phenoxy) is 1. The zero-order chi connectivity index (χ0) is 11.5. The largest absolute Gasteiger partial charge is 0.384 e. The van der Waals surface area contributed by atoms with E-state index in [1.807, 2.05) is 14.0 Å². The highest BCUT2D eigenvalue weighted by Crippen LogP contribution is 2.20. The summed E-state index contributed by atoms with van der Waals surface area (Å²) in [4.78, 5) is 0. The van der Waals surface area contributed by atoms with Gasteiger partial charge in [0.15, 0.2) is 0 Å². The number of hydrogen-bond donors (Lipinski definition) is 1. The van der Waals surface area contributed by atoms with Crippen LogP contribution in [0.3, 0.4) is 0 Å². The Morgan fingerprint density at radius 1 is 1.50 bits per heavy atom. The summed E-state index contributed by atoms with van der Waals surface area (Å²) < 4.78 is 7.47. The second-order valence-corrected chi connectivity index (χ2v) is 4.61. The van der Waals surface area contributed by atoms with Crippen molar-refractivity contribution in [3.63, 3.8) is 0 Å². The van der Waals surface area contributed by atoms with Gasteiger partial charge in [0.2, 0.25) is 0 Å². The van der Waals surface area contributed by atoms with E-state index in [0.717, 1.165) is 36.5 Å². The molecule has 1 aromatic rings. The molecule has 1 fully saturated rings. The average molecular weight is 223 g/mol. The fraction of sp³-hybridized carbons (Fsp3) is 0.750. The molecule has 0 aliphatic carbocycles. The van der Waals surface area contributed by atoms with Gasteiger partial charge in [-0.2, -0.15) is 5.10 Å². The average Bonchev–Trinajstić information content (AvgIpc) is 2.56. The van der Waals surface area contributed by atoms with E-state index < -0.39 is 0 Å². The lowest BCUT2D eigenvalue weighted by Gasteiger charge is -2.22. The van der Waals surface area contributed by atoms with E-state index in [1.165, 1.54) is 19.3 Å². The number of nitrogens with two attached hydrogens (primary N) is 1. The maximum absolute atomic E-state index is 5.88. The molecule has 4 heteroatoms. The van der Waals surface area contributed by atoms with Gasteiger partial charge in [0.05, 0.1) is 11.8 Å². The Morgan fingerprint density at radius 2 is 2.31 bits per heavy atom. The van der Waals surface area contributed by atoms with Crippen molar-refractivity contribution in [1.82, 2.24) is 9.78 Å². The molecule has 1 atom stereocenters. The Hall–Kier alpha value is -1.03. The smallest absolute Gasteiger partial charge is 0.124 e. The van der Waals surface area contributed by atoms with Crippen LogP contribution in [0.1, 0.15) is 36.9 Å². The Labute approximate surface area is 96.8 Å². The first-order valence-electron chi connectivity index (χ1n) is 6.08. The highest BCUT2D eigenvalue weighted by Gasteiger charge is 2.16. The monoisotopic (exact) mass is 223 g/mol. The lowest BCUT2D eigenvalue weighted by Crippen LogP contribution is -2.19. The fourth-order valence-electron chi connectivity index (χ4n) is 2.27. The zero-order valence-corrected chi connectivity index (χ0v) is 10.2. The summed E-state index contributed by atoms with van der Waals surface area (Å²) in [6, 6.07) is 0. The third-order valence-corrected chi connectivity index (χ3v) is 3.41. The van der Waals surface area contributed by atoms with Crippen molar-refractivity contribution >= 4 is 5.82 Å². The molecule has 0 aromatic carbocycles. The van der Waals surface area contributed by atoms with Gasteiger partial charge in [-0.25, -0.2) is 0 Å². The number of aromatic nitrogens is 2. The summed E-state index contributed by atoms with van der Waals surface area (Å²) >= 11 is 0. The predicted octanol–water partition coefficient (Wildman–Crippen LogP) is 1.81. The van der Waals surface area contributed by atoms with Crippen LogP contribution in [0.4, 0.5) is 5.82 Å². The van der Waals surface area contributed by atoms with Crippen LogP contribution in [0.2, 0.25) is 0 Å². The van der Waals surface area contributed by atoms with Crippen molar-refractivity contribution < 1.29 is 4.74 Å². The Bertz CT molecular complexity index is 353. The molecular formula is C12H21N3O. The molecule has 16 heavy (non-hydrogen) atoms. The van der Waals surface area contributed by atoms with E-state index in [-0.39, 0.29) is 0 Å². The first-order chi connectivity index (χ1) is 7.68. The van der Waals surface area contributed by atoms with Gasteiger partial charge in [-0.05, 0) is 39.0 Å². The second-order valence-electron chi connectivity index (χ2n) is 4.61. The molecule has 1 aliphatic heterocycles. The van der Waals surface area contributed by atoms with Crippen LogP contribution in [-0.2, 0) is 18.2 Å². The minimum atomic E-state index is 0.427. The fourth-order valence-corrected chi connectivity index (χ4v) is 2.27. The molecule has 2 heterocycles. The SMILES string of the molecule is Cc1c(CCC2CCCCO2)nn(C)c1N. The zero-order valence-electron chi connectivity index (χ0n) is 10.2. The molecule has 0 spiro atoms. The highest BCUT2D eigenvalue weighted by molar-refractivity contribution is 5.42. The summed E-state index contributed by atoms with van der Waals surface area (Å²) in [6.07, 6.45) is 6.18. The second kappa shape index (κ2) is 4.87. The van der Waals surface area contributed by atoms with Crippen LogP contribution in [-0.4, -0.2) is 22.5 Å². The molecule has 0 saturated carbocycles. The van der Waals surface area contributed by atoms with Crippen LogP contribution in [0.5, 0.6) is 0 Å². The minimum Gasteiger partial charge on any atom is -0.384 e. The summed E-state index contributed by atoms with van der Waals surface area (Å²) in [6.45, 7) is 2.97. The third-order valence-electron chi connectivity index (χ3n) is 3.41. The van der Waals surface area contributed by atoms with E-state index in [9.17, 15) is 0 Å². The number of nitrogens with zero attached hydrogens (tertiary/aromatic N) is 2. The van der Waals surface area contributed by atoms with Gasteiger partial charge in [-0.1, -0.05) is 0 Å². The van der Waals surface area contributed by atoms with Crippen LogP contribution in [0, 0.1) is 6.92 Å². The topological polar surface area (TPSA) is 53.1 Å². The maximum Gasteiger partial charge on any atom is 0.124 e. The summed E-state index contributed by atoms with van der Waals surface area (Å²) in [5.41, 5.74) is 8.12. The Balaban J connectivity index is 1.91. The van der Waals surface area contributed by atoms with E-state index in [2.05, 4.69) is 5.10 Å². The van der Waals surface area contributed by atoms with Gasteiger partial charge in [0.1, 0.15) is 5.82 Å². The van der Waals surface area contributed by atoms with Crippen molar-refractivity contribution in [3.05, 3.63) is 11.3 Å². The predicted molar refractivity (Wildman–Crippen MR) is 64.3 cm³/mol. The molecule has 1 aromatic heterocycles. The lowest BCUT2D eigenvalue weighted by atomic mass is 10.0. The number of hydrogen-bond acceptors (Lipinski definition) is 3. The van der Waals surface area contributed by atoms with E-state index >= 15 is 0 Å². The number of nitrogen functional groups attached to an aromatic ring is 1. The van der Waals surface area contributed by atoms with Gasteiger partial charge < -0.3 is 10.5 Å². The van der Waals surface area contributed by atoms with Crippen LogP contribution in [0.15, 0.2) is 0 Å². The van der Waals surface area contributed by atoms with Gasteiger partial charge in [-0.3, -0.25) is 4.68 Å². The van der Waals surface area contributed by atoms with Crippen LogP contribution >= 0.6 is 0 Å². The van der Waals surface area contributed by atoms with Crippen molar-refractivity contribution in [3.8, 4) is 0 Å². The van der Waals surface area contributed by atoms with Gasteiger partial charge in [0.25, 0.3) is 0 Å². The number of rotatable bonds is 3. The Kier molecular flexibility index (Phi) is 3.49. The summed E-state index contributed by atoms with van der Waals surface area (Å²) in [5, 5.41) is 4.43. The summed E-state index contributed by atoms with van der Waals surface area (Å²) in [5.74, 6) is 0.777. The van der Waals surface area contributed by atoms with Gasteiger partial charge >= 0.3 is 0 Å². The molecule has 0 bridgehead atoms. The highest BCUT2D eigenvalue weighted by atomic mass is 16.5. The molecule has 0 amide bonds. The number of aryl methyl sites for hydroxylation is 2.